The molecule has 0 fully saturated rings. The second-order valence-corrected chi connectivity index (χ2v) is 5.34. The molecule has 2 heterocycles. The minimum atomic E-state index is 0.418. The number of halogens is 1. The predicted molar refractivity (Wildman–Crippen MR) is 67.4 cm³/mol. The minimum absolute atomic E-state index is 0.418. The molecule has 1 N–H and O–H groups in total. The average molecular weight is 285 g/mol. The lowest BCUT2D eigenvalue weighted by atomic mass is 10.0. The molecule has 4 heteroatoms. The van der Waals surface area contributed by atoms with Crippen LogP contribution in [0, 0.1) is 0 Å². The fraction of sp³-hybridized carbons (Fsp3) is 0.364. The Morgan fingerprint density at radius 3 is 3.00 bits per heavy atom. The monoisotopic (exact) mass is 284 g/mol. The van der Waals surface area contributed by atoms with E-state index in [9.17, 15) is 0 Å². The predicted octanol–water partition coefficient (Wildman–Crippen LogP) is 4.17. The van der Waals surface area contributed by atoms with Gasteiger partial charge in [-0.05, 0) is 28.4 Å². The molecule has 80 valence electrons. The lowest BCUT2D eigenvalue weighted by Gasteiger charge is -2.11. The van der Waals surface area contributed by atoms with Crippen molar-refractivity contribution in [3.05, 3.63) is 39.0 Å². The second kappa shape index (κ2) is 4.94. The van der Waals surface area contributed by atoms with Gasteiger partial charge in [0, 0.05) is 27.1 Å². The van der Waals surface area contributed by atoms with Crippen molar-refractivity contribution in [3.63, 3.8) is 0 Å². The van der Waals surface area contributed by atoms with Gasteiger partial charge in [-0.2, -0.15) is 0 Å². The van der Waals surface area contributed by atoms with Crippen LogP contribution in [0.4, 0.5) is 0 Å². The van der Waals surface area contributed by atoms with Crippen molar-refractivity contribution in [3.8, 4) is 0 Å². The van der Waals surface area contributed by atoms with Gasteiger partial charge in [-0.15, -0.1) is 11.3 Å². The van der Waals surface area contributed by atoms with Gasteiger partial charge >= 0.3 is 0 Å². The van der Waals surface area contributed by atoms with Gasteiger partial charge in [-0.3, -0.25) is 0 Å². The van der Waals surface area contributed by atoms with E-state index < -0.39 is 0 Å². The molecule has 0 aliphatic rings. The summed E-state index contributed by atoms with van der Waals surface area (Å²) in [5.41, 5.74) is 0. The van der Waals surface area contributed by atoms with E-state index in [-0.39, 0.29) is 0 Å². The molecule has 2 aromatic heterocycles. The molecule has 1 atom stereocenters. The minimum Gasteiger partial charge on any atom is -0.348 e. The molecule has 2 rings (SSSR count). The van der Waals surface area contributed by atoms with E-state index >= 15 is 0 Å². The summed E-state index contributed by atoms with van der Waals surface area (Å²) >= 11 is 5.28. The van der Waals surface area contributed by atoms with E-state index in [2.05, 4.69) is 44.3 Å². The fourth-order valence-corrected chi connectivity index (χ4v) is 3.27. The summed E-state index contributed by atoms with van der Waals surface area (Å²) in [4.78, 5) is 8.94. The SMILES string of the molecule is CCCC(c1ncc[nH]1)c1cc(Br)cs1. The molecule has 0 aliphatic heterocycles. The van der Waals surface area contributed by atoms with Crippen LogP contribution in [-0.2, 0) is 0 Å². The van der Waals surface area contributed by atoms with Gasteiger partial charge in [-0.25, -0.2) is 4.98 Å². The topological polar surface area (TPSA) is 28.7 Å². The van der Waals surface area contributed by atoms with Crippen LogP contribution < -0.4 is 0 Å². The molecule has 2 nitrogen and oxygen atoms in total. The molecule has 0 radical (unpaired) electrons. The Bertz CT molecular complexity index is 408. The Balaban J connectivity index is 2.27. The van der Waals surface area contributed by atoms with Gasteiger partial charge in [0.25, 0.3) is 0 Å². The fourth-order valence-electron chi connectivity index (χ4n) is 1.68. The Kier molecular flexibility index (Phi) is 3.59. The van der Waals surface area contributed by atoms with E-state index in [4.69, 9.17) is 0 Å². The third-order valence-corrected chi connectivity index (χ3v) is 4.17. The number of nitrogens with zero attached hydrogens (tertiary/aromatic N) is 1. The largest absolute Gasteiger partial charge is 0.348 e. The summed E-state index contributed by atoms with van der Waals surface area (Å²) in [5, 5.41) is 2.13. The molecule has 15 heavy (non-hydrogen) atoms. The highest BCUT2D eigenvalue weighted by Gasteiger charge is 2.17. The van der Waals surface area contributed by atoms with Crippen molar-refractivity contribution in [1.29, 1.82) is 0 Å². The normalized spacial score (nSPS) is 12.9. The number of imidazole rings is 1. The summed E-state index contributed by atoms with van der Waals surface area (Å²) < 4.78 is 1.16. The number of hydrogen-bond acceptors (Lipinski definition) is 2. The van der Waals surface area contributed by atoms with Gasteiger partial charge in [0.1, 0.15) is 5.82 Å². The van der Waals surface area contributed by atoms with Crippen molar-refractivity contribution in [2.24, 2.45) is 0 Å². The Hall–Kier alpha value is -0.610. The van der Waals surface area contributed by atoms with Gasteiger partial charge in [0.05, 0.1) is 5.92 Å². The molecule has 2 aromatic rings. The van der Waals surface area contributed by atoms with Crippen LogP contribution in [0.1, 0.15) is 36.4 Å². The molecule has 0 aliphatic carbocycles. The van der Waals surface area contributed by atoms with Gasteiger partial charge in [0.2, 0.25) is 0 Å². The number of hydrogen-bond donors (Lipinski definition) is 1. The first-order chi connectivity index (χ1) is 7.31. The summed E-state index contributed by atoms with van der Waals surface area (Å²) in [5.74, 6) is 1.49. The zero-order chi connectivity index (χ0) is 10.7. The number of aromatic amines is 1. The molecule has 0 saturated carbocycles. The maximum Gasteiger partial charge on any atom is 0.114 e. The smallest absolute Gasteiger partial charge is 0.114 e. The molecule has 0 aromatic carbocycles. The average Bonchev–Trinajstić information content (AvgIpc) is 2.85. The number of nitrogens with one attached hydrogen (secondary N) is 1. The number of rotatable bonds is 4. The maximum absolute atomic E-state index is 4.36. The first kappa shape index (κ1) is 10.9. The van der Waals surface area contributed by atoms with E-state index in [1.807, 2.05) is 12.4 Å². The summed E-state index contributed by atoms with van der Waals surface area (Å²) in [7, 11) is 0. The van der Waals surface area contributed by atoms with E-state index in [1.165, 1.54) is 11.3 Å². The van der Waals surface area contributed by atoms with Gasteiger partial charge < -0.3 is 4.98 Å². The summed E-state index contributed by atoms with van der Waals surface area (Å²) in [6.45, 7) is 2.21. The molecule has 0 bridgehead atoms. The lowest BCUT2D eigenvalue weighted by Crippen LogP contribution is -2.00. The maximum atomic E-state index is 4.36. The van der Waals surface area contributed by atoms with Crippen molar-refractivity contribution >= 4 is 27.3 Å². The summed E-state index contributed by atoms with van der Waals surface area (Å²) in [6, 6.07) is 2.19. The number of thiophene rings is 1. The third-order valence-electron chi connectivity index (χ3n) is 2.36. The van der Waals surface area contributed by atoms with Crippen LogP contribution in [0.15, 0.2) is 28.3 Å². The van der Waals surface area contributed by atoms with Gasteiger partial charge in [0.15, 0.2) is 0 Å². The standard InChI is InChI=1S/C11H13BrN2S/c1-2-3-9(11-13-4-5-14-11)10-6-8(12)7-15-10/h4-7,9H,2-3H2,1H3,(H,13,14). The first-order valence-corrected chi connectivity index (χ1v) is 6.71. The van der Waals surface area contributed by atoms with Crippen molar-refractivity contribution in [2.75, 3.05) is 0 Å². The Morgan fingerprint density at radius 1 is 1.60 bits per heavy atom. The van der Waals surface area contributed by atoms with Crippen LogP contribution >= 0.6 is 27.3 Å². The van der Waals surface area contributed by atoms with E-state index in [0.29, 0.717) is 5.92 Å². The second-order valence-electron chi connectivity index (χ2n) is 3.48. The van der Waals surface area contributed by atoms with Crippen LogP contribution in [-0.4, -0.2) is 9.97 Å². The Labute approximate surface area is 102 Å². The van der Waals surface area contributed by atoms with E-state index in [1.54, 1.807) is 11.3 Å². The lowest BCUT2D eigenvalue weighted by molar-refractivity contribution is 0.676. The highest BCUT2D eigenvalue weighted by molar-refractivity contribution is 9.10. The highest BCUT2D eigenvalue weighted by atomic mass is 79.9. The number of aromatic nitrogens is 2. The van der Waals surface area contributed by atoms with Crippen molar-refractivity contribution in [2.45, 2.75) is 25.7 Å². The zero-order valence-electron chi connectivity index (χ0n) is 8.53. The molecule has 0 amide bonds. The molecular weight excluding hydrogens is 272 g/mol. The summed E-state index contributed by atoms with van der Waals surface area (Å²) in [6.07, 6.45) is 6.02. The molecular formula is C11H13BrN2S. The quantitative estimate of drug-likeness (QED) is 0.897. The Morgan fingerprint density at radius 2 is 2.47 bits per heavy atom. The van der Waals surface area contributed by atoms with Crippen LogP contribution in [0.2, 0.25) is 0 Å². The van der Waals surface area contributed by atoms with E-state index in [0.717, 1.165) is 16.7 Å². The zero-order valence-corrected chi connectivity index (χ0v) is 10.9. The van der Waals surface area contributed by atoms with Crippen LogP contribution in [0.5, 0.6) is 0 Å². The number of H-pyrrole nitrogens is 1. The molecule has 0 saturated heterocycles. The first-order valence-electron chi connectivity index (χ1n) is 5.04. The molecule has 0 spiro atoms. The van der Waals surface area contributed by atoms with Crippen molar-refractivity contribution in [1.82, 2.24) is 9.97 Å². The van der Waals surface area contributed by atoms with Gasteiger partial charge in [-0.1, -0.05) is 13.3 Å². The highest BCUT2D eigenvalue weighted by Crippen LogP contribution is 2.33. The van der Waals surface area contributed by atoms with Crippen molar-refractivity contribution < 1.29 is 0 Å². The third kappa shape index (κ3) is 2.49. The van der Waals surface area contributed by atoms with Crippen LogP contribution in [0.25, 0.3) is 0 Å². The molecule has 1 unspecified atom stereocenters. The van der Waals surface area contributed by atoms with Crippen LogP contribution in [0.3, 0.4) is 0 Å².